The fourth-order valence-electron chi connectivity index (χ4n) is 5.32. The van der Waals surface area contributed by atoms with Gasteiger partial charge in [0.1, 0.15) is 0 Å². The van der Waals surface area contributed by atoms with Crippen molar-refractivity contribution in [3.63, 3.8) is 0 Å². The van der Waals surface area contributed by atoms with Crippen LogP contribution in [0.5, 0.6) is 17.2 Å². The summed E-state index contributed by atoms with van der Waals surface area (Å²) in [6.07, 6.45) is -11.2. The minimum atomic E-state index is -5.78. The van der Waals surface area contributed by atoms with Crippen molar-refractivity contribution in [2.24, 2.45) is 0 Å². The van der Waals surface area contributed by atoms with E-state index in [9.17, 15) is 40.1 Å². The van der Waals surface area contributed by atoms with E-state index in [0.29, 0.717) is 36.4 Å². The van der Waals surface area contributed by atoms with E-state index >= 15 is 0 Å². The van der Waals surface area contributed by atoms with Crippen LogP contribution < -0.4 is 17.8 Å². The number of hydrogen-bond acceptors (Lipinski definition) is 6. The van der Waals surface area contributed by atoms with Crippen molar-refractivity contribution in [2.45, 2.75) is 43.5 Å². The second-order valence-corrected chi connectivity index (χ2v) is 12.1. The average molecular weight is 708 g/mol. The first-order valence-corrected chi connectivity index (χ1v) is 15.3. The van der Waals surface area contributed by atoms with Crippen molar-refractivity contribution in [3.05, 3.63) is 119 Å². The van der Waals surface area contributed by atoms with Gasteiger partial charge in [0.2, 0.25) is 0 Å². The summed E-state index contributed by atoms with van der Waals surface area (Å²) in [5.74, 6) is 0.103. The van der Waals surface area contributed by atoms with Crippen molar-refractivity contribution in [1.82, 2.24) is 0 Å². The molecule has 0 aliphatic rings. The molecule has 4 rings (SSSR count). The molecule has 1 atom stereocenters. The number of aliphatic hydroxyl groups excluding tert-OH is 1. The maximum absolute atomic E-state index is 14.4. The second kappa shape index (κ2) is 13.9. The third-order valence-electron chi connectivity index (χ3n) is 7.79. The molecule has 253 valence electrons. The number of aliphatic hydroxyl groups is 1. The van der Waals surface area contributed by atoms with Gasteiger partial charge < -0.3 is 0 Å². The van der Waals surface area contributed by atoms with Crippen LogP contribution in [0.15, 0.2) is 97.1 Å². The Morgan fingerprint density at radius 1 is 0.681 bits per heavy atom. The first-order chi connectivity index (χ1) is 22.1. The molecule has 6 nitrogen and oxygen atoms in total. The summed E-state index contributed by atoms with van der Waals surface area (Å²) in [5, 5.41) is 9.78. The third kappa shape index (κ3) is 7.21. The van der Waals surface area contributed by atoms with Gasteiger partial charge in [-0.25, -0.2) is 0 Å². The summed E-state index contributed by atoms with van der Waals surface area (Å²) in [5.41, 5.74) is -5.65. The predicted octanol–water partition coefficient (Wildman–Crippen LogP) is 7.30. The number of rotatable bonds is 11. The number of methoxy groups -OCH3 is 1. The van der Waals surface area contributed by atoms with Crippen LogP contribution in [0.25, 0.3) is 0 Å². The van der Waals surface area contributed by atoms with E-state index < -0.39 is 54.2 Å². The van der Waals surface area contributed by atoms with E-state index in [0.717, 1.165) is 35.4 Å². The van der Waals surface area contributed by atoms with Crippen LogP contribution in [-0.2, 0) is 33.4 Å². The molecule has 0 heterocycles. The van der Waals surface area contributed by atoms with E-state index in [1.807, 2.05) is 6.92 Å². The first kappa shape index (κ1) is 35.6. The van der Waals surface area contributed by atoms with Crippen molar-refractivity contribution < 1.29 is 67.3 Å². The minimum absolute atomic E-state index is 0.0809. The molecular formula is C34H30CoF6O6. The molecule has 1 unspecified atom stereocenters. The zero-order valence-electron chi connectivity index (χ0n) is 25.2. The number of benzene rings is 4. The molecule has 0 aliphatic heterocycles. The zero-order valence-corrected chi connectivity index (χ0v) is 26.3. The van der Waals surface area contributed by atoms with Crippen LogP contribution in [0.2, 0.25) is 0 Å². The van der Waals surface area contributed by atoms with Crippen molar-refractivity contribution in [1.29, 1.82) is 0 Å². The molecule has 4 aromatic rings. The summed E-state index contributed by atoms with van der Waals surface area (Å²) >= 11 is -2.70. The number of hydrogen-bond donors (Lipinski definition) is 1. The Balaban J connectivity index is 1.59. The van der Waals surface area contributed by atoms with Gasteiger partial charge in [0.25, 0.3) is 0 Å². The van der Waals surface area contributed by atoms with Gasteiger partial charge in [-0.2, -0.15) is 0 Å². The Kier molecular flexibility index (Phi) is 10.5. The standard InChI is InChI=1S/C18H20O4.C16H11F6O.Co.O/c1-13(20)22-17-9-5-15(6-10-17)18(2,11-12-19)14-3-7-16(21)8-4-14;1-23-13-9-7-12(8-10-13)14(15(17,18)19,16(20,21)22)11-5-3-2-4-6-11;;/h3-10,19,21H,11-12H2,1-2H3;3-10H,1H3;;/q;;+1;/p-1. The van der Waals surface area contributed by atoms with Crippen LogP contribution in [0.1, 0.15) is 42.5 Å². The summed E-state index contributed by atoms with van der Waals surface area (Å²) in [6, 6.07) is 19.8. The summed E-state index contributed by atoms with van der Waals surface area (Å²) < 4.78 is 115. The second-order valence-electron chi connectivity index (χ2n) is 10.7. The monoisotopic (exact) mass is 707 g/mol. The molecule has 0 amide bonds. The van der Waals surface area contributed by atoms with E-state index in [1.54, 1.807) is 36.4 Å². The van der Waals surface area contributed by atoms with E-state index in [1.165, 1.54) is 26.2 Å². The van der Waals surface area contributed by atoms with Gasteiger partial charge in [-0.3, -0.25) is 4.79 Å². The Labute approximate surface area is 271 Å². The van der Waals surface area contributed by atoms with Gasteiger partial charge in [0.05, 0.1) is 0 Å². The molecule has 4 aromatic carbocycles. The Hall–Kier alpha value is -4.20. The Morgan fingerprint density at radius 3 is 1.49 bits per heavy atom. The van der Waals surface area contributed by atoms with E-state index in [-0.39, 0.29) is 22.6 Å². The van der Waals surface area contributed by atoms with Gasteiger partial charge in [-0.1, -0.05) is 0 Å². The number of ether oxygens (including phenoxy) is 2. The Bertz CT molecular complexity index is 1670. The topological polar surface area (TPSA) is 82.1 Å². The van der Waals surface area contributed by atoms with Crippen LogP contribution in [0, 0.1) is 0 Å². The van der Waals surface area contributed by atoms with Crippen molar-refractivity contribution in [2.75, 3.05) is 13.7 Å². The molecule has 13 heteroatoms. The molecular weight excluding hydrogens is 677 g/mol. The summed E-state index contributed by atoms with van der Waals surface area (Å²) in [7, 11) is 1.23. The molecule has 0 radical (unpaired) electrons. The molecule has 0 saturated carbocycles. The predicted molar refractivity (Wildman–Crippen MR) is 156 cm³/mol. The molecule has 0 aromatic heterocycles. The molecule has 0 fully saturated rings. The maximum atomic E-state index is 14.4. The van der Waals surface area contributed by atoms with Crippen molar-refractivity contribution >= 4 is 10.5 Å². The molecule has 47 heavy (non-hydrogen) atoms. The van der Waals surface area contributed by atoms with Crippen LogP contribution in [-0.4, -0.2) is 37.1 Å². The van der Waals surface area contributed by atoms with Crippen LogP contribution in [0.3, 0.4) is 0 Å². The normalized spacial score (nSPS) is 13.8. The van der Waals surface area contributed by atoms with Crippen molar-refractivity contribution in [3.8, 4) is 17.2 Å². The summed E-state index contributed by atoms with van der Waals surface area (Å²) in [4.78, 5) is 11.2. The molecule has 1 N–H and O–H groups in total. The summed E-state index contributed by atoms with van der Waals surface area (Å²) in [6.45, 7) is 3.03. The fraction of sp³-hybridized carbons (Fsp3) is 0.265. The molecule has 0 bridgehead atoms. The molecule has 0 saturated heterocycles. The molecule has 0 spiro atoms. The third-order valence-corrected chi connectivity index (χ3v) is 9.07. The fourth-order valence-corrected chi connectivity index (χ4v) is 6.26. The number of alkyl halides is 6. The van der Waals surface area contributed by atoms with Crippen LogP contribution in [0.4, 0.5) is 26.3 Å². The quantitative estimate of drug-likeness (QED) is 0.100. The number of carbonyl (C=O) groups excluding carboxylic acids is 1. The van der Waals surface area contributed by atoms with Gasteiger partial charge in [-0.15, -0.1) is 0 Å². The SMILES string of the molecule is COc1ccc(C(c2cc[c]([Co](=[O])[O]c3ccc(C(C)(CCO)c4ccc(OC(C)=O)cc4)cc3)cc2)(C(F)(F)F)C(F)(F)F)cc1. The van der Waals surface area contributed by atoms with Gasteiger partial charge in [0, 0.05) is 6.92 Å². The number of carbonyl (C=O) groups is 1. The van der Waals surface area contributed by atoms with Gasteiger partial charge in [-0.05, 0) is 0 Å². The van der Waals surface area contributed by atoms with E-state index in [4.69, 9.17) is 13.3 Å². The molecule has 0 aliphatic carbocycles. The Morgan fingerprint density at radius 2 is 1.09 bits per heavy atom. The average Bonchev–Trinajstić information content (AvgIpc) is 3.01. The van der Waals surface area contributed by atoms with Gasteiger partial charge >= 0.3 is 260 Å². The van der Waals surface area contributed by atoms with Crippen LogP contribution >= 0.6 is 0 Å². The zero-order chi connectivity index (χ0) is 34.6. The van der Waals surface area contributed by atoms with E-state index in [2.05, 4.69) is 0 Å². The number of halogens is 6. The first-order valence-electron chi connectivity index (χ1n) is 14.0. The number of esters is 1. The van der Waals surface area contributed by atoms with Gasteiger partial charge in [0.15, 0.2) is 0 Å².